The van der Waals surface area contributed by atoms with Crippen molar-refractivity contribution in [2.24, 2.45) is 5.73 Å². The zero-order valence-electron chi connectivity index (χ0n) is 9.98. The first kappa shape index (κ1) is 16.6. The molecule has 2 atom stereocenters. The largest absolute Gasteiger partial charge is 0.892 e. The maximum absolute atomic E-state index is 10.4. The zero-order chi connectivity index (χ0) is 14.1. The highest BCUT2D eigenvalue weighted by molar-refractivity contribution is 6.39. The SMILES string of the molecule is C[C@H](O)C(=O)[O-].N[C@@H](Cc1ccccc1)B([O-])[O-]. The van der Waals surface area contributed by atoms with Gasteiger partial charge in [-0.25, -0.2) is 0 Å². The summed E-state index contributed by atoms with van der Waals surface area (Å²) in [7, 11) is -1.94. The molecule has 7 heteroatoms. The molecule has 18 heavy (non-hydrogen) atoms. The molecule has 1 aromatic carbocycles. The minimum Gasteiger partial charge on any atom is -0.892 e. The van der Waals surface area contributed by atoms with Gasteiger partial charge in [-0.3, -0.25) is 0 Å². The summed E-state index contributed by atoms with van der Waals surface area (Å²) in [5, 5.41) is 38.0. The quantitative estimate of drug-likeness (QED) is 0.532. The number of hydrogen-bond acceptors (Lipinski definition) is 6. The van der Waals surface area contributed by atoms with Crippen molar-refractivity contribution in [2.75, 3.05) is 0 Å². The number of carboxylic acids is 1. The highest BCUT2D eigenvalue weighted by Crippen LogP contribution is 2.00. The van der Waals surface area contributed by atoms with Crippen LogP contribution in [-0.2, 0) is 11.2 Å². The molecule has 0 amide bonds. The number of benzene rings is 1. The second kappa shape index (κ2) is 8.65. The highest BCUT2D eigenvalue weighted by Gasteiger charge is 1.98. The van der Waals surface area contributed by atoms with E-state index in [9.17, 15) is 19.9 Å². The van der Waals surface area contributed by atoms with E-state index in [2.05, 4.69) is 0 Å². The first-order chi connectivity index (χ1) is 8.34. The lowest BCUT2D eigenvalue weighted by Crippen LogP contribution is -2.59. The number of aliphatic hydroxyl groups is 1. The summed E-state index contributed by atoms with van der Waals surface area (Å²) in [6.45, 7) is 1.13. The van der Waals surface area contributed by atoms with E-state index in [0.717, 1.165) is 12.5 Å². The third-order valence-electron chi connectivity index (χ3n) is 2.00. The van der Waals surface area contributed by atoms with E-state index < -0.39 is 25.1 Å². The van der Waals surface area contributed by atoms with E-state index >= 15 is 0 Å². The van der Waals surface area contributed by atoms with Gasteiger partial charge in [-0.15, -0.1) is 0 Å². The van der Waals surface area contributed by atoms with Crippen LogP contribution in [0.5, 0.6) is 0 Å². The monoisotopic (exact) mass is 252 g/mol. The molecule has 100 valence electrons. The molecule has 0 aliphatic carbocycles. The molecule has 1 aromatic rings. The average molecular weight is 252 g/mol. The molecule has 0 saturated heterocycles. The molecular formula is C11H15BNO5-3. The van der Waals surface area contributed by atoms with Crippen molar-refractivity contribution in [3.05, 3.63) is 35.9 Å². The van der Waals surface area contributed by atoms with Gasteiger partial charge < -0.3 is 30.8 Å². The normalized spacial score (nSPS) is 12.9. The predicted molar refractivity (Wildman–Crippen MR) is 60.6 cm³/mol. The summed E-state index contributed by atoms with van der Waals surface area (Å²) in [6.07, 6.45) is -0.983. The number of aliphatic hydroxyl groups excluding tert-OH is 1. The smallest absolute Gasteiger partial charge is 0.0905 e. The van der Waals surface area contributed by atoms with Gasteiger partial charge in [-0.05, 0) is 18.9 Å². The Balaban J connectivity index is 0.000000411. The molecule has 0 aliphatic heterocycles. The third kappa shape index (κ3) is 7.80. The summed E-state index contributed by atoms with van der Waals surface area (Å²) in [4.78, 5) is 9.34. The van der Waals surface area contributed by atoms with Crippen LogP contribution in [0.2, 0.25) is 0 Å². The van der Waals surface area contributed by atoms with Crippen molar-refractivity contribution in [2.45, 2.75) is 25.4 Å². The van der Waals surface area contributed by atoms with Crippen LogP contribution in [0.15, 0.2) is 30.3 Å². The van der Waals surface area contributed by atoms with E-state index in [1.807, 2.05) is 30.3 Å². The number of rotatable bonds is 4. The first-order valence-corrected chi connectivity index (χ1v) is 5.34. The lowest BCUT2D eigenvalue weighted by Gasteiger charge is -2.33. The minimum absolute atomic E-state index is 0.360. The van der Waals surface area contributed by atoms with Crippen LogP contribution in [0.25, 0.3) is 0 Å². The maximum Gasteiger partial charge on any atom is 0.0905 e. The predicted octanol–water partition coefficient (Wildman–Crippen LogP) is -3.58. The molecular weight excluding hydrogens is 237 g/mol. The van der Waals surface area contributed by atoms with Gasteiger partial charge >= 0.3 is 0 Å². The number of carbonyl (C=O) groups excluding carboxylic acids is 1. The molecule has 1 rings (SSSR count). The molecule has 0 heterocycles. The molecule has 0 spiro atoms. The molecule has 0 radical (unpaired) electrons. The van der Waals surface area contributed by atoms with Crippen LogP contribution in [0.4, 0.5) is 0 Å². The summed E-state index contributed by atoms with van der Waals surface area (Å²) < 4.78 is 0. The van der Waals surface area contributed by atoms with Crippen LogP contribution >= 0.6 is 0 Å². The fraction of sp³-hybridized carbons (Fsp3) is 0.364. The van der Waals surface area contributed by atoms with Crippen molar-refractivity contribution in [1.82, 2.24) is 0 Å². The molecule has 6 nitrogen and oxygen atoms in total. The Morgan fingerprint density at radius 2 is 1.83 bits per heavy atom. The zero-order valence-corrected chi connectivity index (χ0v) is 9.98. The fourth-order valence-electron chi connectivity index (χ4n) is 0.982. The average Bonchev–Trinajstić information content (AvgIpc) is 2.30. The molecule has 0 bridgehead atoms. The van der Waals surface area contributed by atoms with Gasteiger partial charge in [-0.2, -0.15) is 0 Å². The Labute approximate surface area is 106 Å². The molecule has 0 saturated carbocycles. The van der Waals surface area contributed by atoms with Crippen LogP contribution in [0.1, 0.15) is 12.5 Å². The highest BCUT2D eigenvalue weighted by atomic mass is 16.4. The lowest BCUT2D eigenvalue weighted by atomic mass is 9.77. The summed E-state index contributed by atoms with van der Waals surface area (Å²) in [6, 6.07) is 9.28. The molecule has 0 unspecified atom stereocenters. The maximum atomic E-state index is 10.4. The van der Waals surface area contributed by atoms with Gasteiger partial charge in [0.05, 0.1) is 12.1 Å². The van der Waals surface area contributed by atoms with Gasteiger partial charge in [0, 0.05) is 0 Å². The molecule has 0 aliphatic rings. The third-order valence-corrected chi connectivity index (χ3v) is 2.00. The second-order valence-electron chi connectivity index (χ2n) is 3.72. The van der Waals surface area contributed by atoms with Crippen molar-refractivity contribution in [1.29, 1.82) is 0 Å². The summed E-state index contributed by atoms with van der Waals surface area (Å²) in [5.41, 5.74) is 6.26. The number of hydrogen-bond donors (Lipinski definition) is 2. The number of aliphatic carboxylic acids is 1. The van der Waals surface area contributed by atoms with E-state index in [0.29, 0.717) is 6.42 Å². The van der Waals surface area contributed by atoms with E-state index in [1.54, 1.807) is 0 Å². The van der Waals surface area contributed by atoms with Gasteiger partial charge in [0.2, 0.25) is 0 Å². The van der Waals surface area contributed by atoms with E-state index in [-0.39, 0.29) is 0 Å². The van der Waals surface area contributed by atoms with Gasteiger partial charge in [0.1, 0.15) is 0 Å². The van der Waals surface area contributed by atoms with Crippen molar-refractivity contribution in [3.63, 3.8) is 0 Å². The van der Waals surface area contributed by atoms with Crippen molar-refractivity contribution in [3.8, 4) is 0 Å². The van der Waals surface area contributed by atoms with Crippen LogP contribution in [-0.4, -0.2) is 30.2 Å². The first-order valence-electron chi connectivity index (χ1n) is 5.34. The number of nitrogens with two attached hydrogens (primary N) is 1. The Hall–Kier alpha value is -1.41. The number of carboxylic acid groups (broad SMARTS) is 1. The fourth-order valence-corrected chi connectivity index (χ4v) is 0.982. The lowest BCUT2D eigenvalue weighted by molar-refractivity contribution is -0.352. The Bertz CT molecular complexity index is 345. The van der Waals surface area contributed by atoms with Gasteiger partial charge in [0.15, 0.2) is 0 Å². The van der Waals surface area contributed by atoms with E-state index in [1.165, 1.54) is 0 Å². The Morgan fingerprint density at radius 3 is 2.17 bits per heavy atom. The van der Waals surface area contributed by atoms with Crippen molar-refractivity contribution < 1.29 is 25.1 Å². The van der Waals surface area contributed by atoms with E-state index in [4.69, 9.17) is 10.8 Å². The molecule has 3 N–H and O–H groups in total. The summed E-state index contributed by atoms with van der Waals surface area (Å²) >= 11 is 0. The van der Waals surface area contributed by atoms with Crippen LogP contribution in [0, 0.1) is 0 Å². The Morgan fingerprint density at radius 1 is 1.39 bits per heavy atom. The topological polar surface area (TPSA) is 132 Å². The second-order valence-corrected chi connectivity index (χ2v) is 3.72. The number of carbonyl (C=O) groups is 1. The standard InChI is InChI=1S/C8H10BNO2.C3H6O3/c10-8(9(11)12)6-7-4-2-1-3-5-7;1-2(4)3(5)6/h1-5,8H,6,10H2;2,4H,1H3,(H,5,6)/q-2;/p-1/t8-;2-/m00/s1. The van der Waals surface area contributed by atoms with Gasteiger partial charge in [-0.1, -0.05) is 43.4 Å². The Kier molecular flexibility index (Phi) is 7.98. The van der Waals surface area contributed by atoms with Crippen LogP contribution in [0.3, 0.4) is 0 Å². The molecule has 0 aromatic heterocycles. The minimum atomic E-state index is -1.94. The van der Waals surface area contributed by atoms with Crippen LogP contribution < -0.4 is 20.9 Å². The van der Waals surface area contributed by atoms with Gasteiger partial charge in [0.25, 0.3) is 0 Å². The molecule has 0 fully saturated rings. The van der Waals surface area contributed by atoms with Crippen molar-refractivity contribution >= 4 is 13.1 Å². The summed E-state index contributed by atoms with van der Waals surface area (Å²) in [5.74, 6) is -2.26.